The van der Waals surface area contributed by atoms with Crippen molar-refractivity contribution < 1.29 is 14.7 Å². The minimum absolute atomic E-state index is 0.0991. The van der Waals surface area contributed by atoms with Crippen molar-refractivity contribution >= 4 is 11.9 Å². The third-order valence-corrected chi connectivity index (χ3v) is 3.15. The summed E-state index contributed by atoms with van der Waals surface area (Å²) in [6, 6.07) is 0. The molecule has 6 nitrogen and oxygen atoms in total. The van der Waals surface area contributed by atoms with E-state index in [-0.39, 0.29) is 17.7 Å². The van der Waals surface area contributed by atoms with E-state index in [0.29, 0.717) is 18.7 Å². The van der Waals surface area contributed by atoms with E-state index in [1.807, 2.05) is 13.8 Å². The highest BCUT2D eigenvalue weighted by molar-refractivity contribution is 5.92. The van der Waals surface area contributed by atoms with Crippen LogP contribution in [-0.4, -0.2) is 33.1 Å². The zero-order valence-electron chi connectivity index (χ0n) is 11.6. The highest BCUT2D eigenvalue weighted by Crippen LogP contribution is 2.25. The Bertz CT molecular complexity index is 452. The minimum atomic E-state index is -0.785. The molecule has 2 N–H and O–H groups in total. The second kappa shape index (κ2) is 6.36. The summed E-state index contributed by atoms with van der Waals surface area (Å²) in [7, 11) is 1.76. The predicted molar refractivity (Wildman–Crippen MR) is 70.8 cm³/mol. The molecule has 106 valence electrons. The first-order valence-electron chi connectivity index (χ1n) is 6.28. The molecule has 1 aromatic rings. The number of imidazole rings is 1. The van der Waals surface area contributed by atoms with Gasteiger partial charge in [-0.25, -0.2) is 4.98 Å². The number of aryl methyl sites for hydroxylation is 1. The Morgan fingerprint density at radius 2 is 2.11 bits per heavy atom. The molecule has 0 unspecified atom stereocenters. The lowest BCUT2D eigenvalue weighted by Crippen LogP contribution is -2.29. The fourth-order valence-electron chi connectivity index (χ4n) is 1.75. The van der Waals surface area contributed by atoms with Crippen molar-refractivity contribution in [3.8, 4) is 0 Å². The molecule has 0 saturated carbocycles. The molecule has 1 amide bonds. The molecule has 0 aromatic carbocycles. The van der Waals surface area contributed by atoms with Gasteiger partial charge in [0.15, 0.2) is 0 Å². The van der Waals surface area contributed by atoms with E-state index in [2.05, 4.69) is 10.3 Å². The first-order valence-corrected chi connectivity index (χ1v) is 6.28. The van der Waals surface area contributed by atoms with Gasteiger partial charge in [-0.05, 0) is 18.3 Å². The Balaban J connectivity index is 2.35. The normalized spacial score (nSPS) is 11.3. The fraction of sp³-hybridized carbons (Fsp3) is 0.615. The molecule has 0 radical (unpaired) electrons. The van der Waals surface area contributed by atoms with Crippen LogP contribution in [0.5, 0.6) is 0 Å². The Labute approximate surface area is 112 Å². The lowest BCUT2D eigenvalue weighted by molar-refractivity contribution is -0.137. The van der Waals surface area contributed by atoms with Crippen LogP contribution in [0, 0.1) is 5.41 Å². The number of amides is 1. The van der Waals surface area contributed by atoms with E-state index in [1.165, 1.54) is 6.20 Å². The molecule has 1 rings (SSSR count). The number of nitrogens with one attached hydrogen (secondary N) is 1. The summed E-state index contributed by atoms with van der Waals surface area (Å²) in [5, 5.41) is 11.5. The Morgan fingerprint density at radius 3 is 2.63 bits per heavy atom. The topological polar surface area (TPSA) is 84.2 Å². The molecular weight excluding hydrogens is 246 g/mol. The van der Waals surface area contributed by atoms with Crippen LogP contribution >= 0.6 is 0 Å². The maximum Gasteiger partial charge on any atom is 0.303 e. The molecule has 0 spiro atoms. The second-order valence-electron chi connectivity index (χ2n) is 5.45. The van der Waals surface area contributed by atoms with Crippen LogP contribution in [0.1, 0.15) is 43.6 Å². The number of aliphatic carboxylic acids is 1. The number of carboxylic acid groups (broad SMARTS) is 1. The third-order valence-electron chi connectivity index (χ3n) is 3.15. The number of rotatable bonds is 7. The van der Waals surface area contributed by atoms with Gasteiger partial charge in [0, 0.05) is 20.0 Å². The number of aromatic nitrogens is 2. The Morgan fingerprint density at radius 1 is 1.42 bits per heavy atom. The standard InChI is InChI=1S/C13H21N3O3/c1-13(2,5-4-11(17)18)6-7-15-12(19)10-8-14-9-16(10)3/h8-9H,4-7H2,1-3H3,(H,15,19)(H,17,18). The summed E-state index contributed by atoms with van der Waals surface area (Å²) < 4.78 is 1.66. The van der Waals surface area contributed by atoms with Crippen molar-refractivity contribution in [2.75, 3.05) is 6.54 Å². The van der Waals surface area contributed by atoms with E-state index >= 15 is 0 Å². The first-order chi connectivity index (χ1) is 8.82. The van der Waals surface area contributed by atoms with E-state index in [4.69, 9.17) is 5.11 Å². The van der Waals surface area contributed by atoms with E-state index in [9.17, 15) is 9.59 Å². The van der Waals surface area contributed by atoms with Crippen LogP contribution in [-0.2, 0) is 11.8 Å². The Kier molecular flexibility index (Phi) is 5.09. The molecule has 0 aliphatic rings. The maximum atomic E-state index is 11.8. The molecule has 0 bridgehead atoms. The second-order valence-corrected chi connectivity index (χ2v) is 5.45. The number of carbonyl (C=O) groups is 2. The quantitative estimate of drug-likeness (QED) is 0.782. The Hall–Kier alpha value is -1.85. The van der Waals surface area contributed by atoms with E-state index < -0.39 is 5.97 Å². The zero-order valence-corrected chi connectivity index (χ0v) is 11.6. The molecule has 0 aliphatic carbocycles. The van der Waals surface area contributed by atoms with Crippen molar-refractivity contribution in [3.05, 3.63) is 18.2 Å². The maximum absolute atomic E-state index is 11.8. The van der Waals surface area contributed by atoms with Crippen LogP contribution in [0.15, 0.2) is 12.5 Å². The number of hydrogen-bond donors (Lipinski definition) is 2. The third kappa shape index (κ3) is 5.11. The summed E-state index contributed by atoms with van der Waals surface area (Å²) >= 11 is 0. The van der Waals surface area contributed by atoms with Gasteiger partial charge in [-0.1, -0.05) is 13.8 Å². The molecule has 0 aliphatic heterocycles. The predicted octanol–water partition coefficient (Wildman–Crippen LogP) is 1.43. The molecule has 1 heterocycles. The summed E-state index contributed by atoms with van der Waals surface area (Å²) in [4.78, 5) is 26.2. The zero-order chi connectivity index (χ0) is 14.5. The molecule has 6 heteroatoms. The number of nitrogens with zero attached hydrogens (tertiary/aromatic N) is 2. The summed E-state index contributed by atoms with van der Waals surface area (Å²) in [6.45, 7) is 4.54. The summed E-state index contributed by atoms with van der Waals surface area (Å²) in [6.07, 6.45) is 4.59. The van der Waals surface area contributed by atoms with Gasteiger partial charge < -0.3 is 15.0 Å². The summed E-state index contributed by atoms with van der Waals surface area (Å²) in [5.41, 5.74) is 0.418. The van der Waals surface area contributed by atoms with Gasteiger partial charge in [0.2, 0.25) is 0 Å². The smallest absolute Gasteiger partial charge is 0.303 e. The molecule has 19 heavy (non-hydrogen) atoms. The van der Waals surface area contributed by atoms with Crippen LogP contribution in [0.25, 0.3) is 0 Å². The van der Waals surface area contributed by atoms with Crippen LogP contribution in [0.2, 0.25) is 0 Å². The van der Waals surface area contributed by atoms with Gasteiger partial charge in [-0.2, -0.15) is 0 Å². The largest absolute Gasteiger partial charge is 0.481 e. The fourth-order valence-corrected chi connectivity index (χ4v) is 1.75. The van der Waals surface area contributed by atoms with Crippen LogP contribution in [0.4, 0.5) is 0 Å². The molecule has 0 fully saturated rings. The van der Waals surface area contributed by atoms with Gasteiger partial charge in [0.1, 0.15) is 5.69 Å². The van der Waals surface area contributed by atoms with Crippen LogP contribution in [0.3, 0.4) is 0 Å². The summed E-state index contributed by atoms with van der Waals surface area (Å²) in [5.74, 6) is -0.943. The van der Waals surface area contributed by atoms with Crippen molar-refractivity contribution in [2.24, 2.45) is 12.5 Å². The number of carbonyl (C=O) groups excluding carboxylic acids is 1. The average molecular weight is 267 g/mol. The van der Waals surface area contributed by atoms with Crippen molar-refractivity contribution in [2.45, 2.75) is 33.1 Å². The van der Waals surface area contributed by atoms with Gasteiger partial charge in [0.25, 0.3) is 5.91 Å². The van der Waals surface area contributed by atoms with E-state index in [1.54, 1.807) is 17.9 Å². The first kappa shape index (κ1) is 15.2. The monoisotopic (exact) mass is 267 g/mol. The SMILES string of the molecule is Cn1cncc1C(=O)NCCC(C)(C)CCC(=O)O. The molecular formula is C13H21N3O3. The minimum Gasteiger partial charge on any atom is -0.481 e. The highest BCUT2D eigenvalue weighted by Gasteiger charge is 2.19. The molecule has 1 aromatic heterocycles. The van der Waals surface area contributed by atoms with Crippen molar-refractivity contribution in [1.82, 2.24) is 14.9 Å². The number of carboxylic acids is 1. The lowest BCUT2D eigenvalue weighted by atomic mass is 9.84. The average Bonchev–Trinajstić information content (AvgIpc) is 2.73. The van der Waals surface area contributed by atoms with Gasteiger partial charge in [0.05, 0.1) is 12.5 Å². The van der Waals surface area contributed by atoms with Crippen molar-refractivity contribution in [1.29, 1.82) is 0 Å². The van der Waals surface area contributed by atoms with E-state index in [0.717, 1.165) is 6.42 Å². The van der Waals surface area contributed by atoms with Gasteiger partial charge >= 0.3 is 5.97 Å². The highest BCUT2D eigenvalue weighted by atomic mass is 16.4. The van der Waals surface area contributed by atoms with Crippen molar-refractivity contribution in [3.63, 3.8) is 0 Å². The number of hydrogen-bond acceptors (Lipinski definition) is 3. The van der Waals surface area contributed by atoms with Gasteiger partial charge in [-0.15, -0.1) is 0 Å². The lowest BCUT2D eigenvalue weighted by Gasteiger charge is -2.23. The molecule has 0 atom stereocenters. The van der Waals surface area contributed by atoms with Gasteiger partial charge in [-0.3, -0.25) is 9.59 Å². The molecule has 0 saturated heterocycles. The van der Waals surface area contributed by atoms with Crippen LogP contribution < -0.4 is 5.32 Å².